The van der Waals surface area contributed by atoms with Gasteiger partial charge >= 0.3 is 0 Å². The van der Waals surface area contributed by atoms with Crippen molar-refractivity contribution in [2.75, 3.05) is 11.1 Å². The lowest BCUT2D eigenvalue weighted by Crippen LogP contribution is -2.14. The van der Waals surface area contributed by atoms with Crippen molar-refractivity contribution in [3.8, 4) is 0 Å². The van der Waals surface area contributed by atoms with Gasteiger partial charge in [-0.25, -0.2) is 0 Å². The Balaban J connectivity index is 1.46. The van der Waals surface area contributed by atoms with E-state index < -0.39 is 0 Å². The first-order valence-electron chi connectivity index (χ1n) is 8.89. The van der Waals surface area contributed by atoms with Crippen LogP contribution in [0.3, 0.4) is 0 Å². The van der Waals surface area contributed by atoms with Gasteiger partial charge in [0.05, 0.1) is 23.7 Å². The molecular formula is C21H18N4O2S. The fourth-order valence-corrected chi connectivity index (χ4v) is 3.74. The number of carbonyl (C=O) groups excluding carboxylic acids is 2. The molecule has 4 rings (SSSR count). The Kier molecular flexibility index (Phi) is 5.16. The third kappa shape index (κ3) is 3.94. The number of ketones is 1. The van der Waals surface area contributed by atoms with E-state index in [1.54, 1.807) is 19.2 Å². The molecule has 2 aliphatic heterocycles. The first kappa shape index (κ1) is 18.3. The van der Waals surface area contributed by atoms with Crippen molar-refractivity contribution in [1.82, 2.24) is 0 Å². The third-order valence-electron chi connectivity index (χ3n) is 4.43. The molecule has 0 aromatic heterocycles. The van der Waals surface area contributed by atoms with Crippen molar-refractivity contribution in [3.05, 3.63) is 64.7 Å². The third-order valence-corrected chi connectivity index (χ3v) is 5.54. The molecular weight excluding hydrogens is 372 g/mol. The maximum atomic E-state index is 12.8. The largest absolute Gasteiger partial charge is 0.321 e. The monoisotopic (exact) mass is 390 g/mol. The molecule has 7 heteroatoms. The van der Waals surface area contributed by atoms with Crippen LogP contribution in [0.5, 0.6) is 0 Å². The van der Waals surface area contributed by atoms with Gasteiger partial charge in [-0.15, -0.1) is 16.9 Å². The van der Waals surface area contributed by atoms with Gasteiger partial charge in [-0.05, 0) is 36.2 Å². The Morgan fingerprint density at radius 2 is 2.00 bits per heavy atom. The minimum atomic E-state index is -0.179. The van der Waals surface area contributed by atoms with Gasteiger partial charge in [0.15, 0.2) is 0 Å². The van der Waals surface area contributed by atoms with Gasteiger partial charge in [-0.3, -0.25) is 14.6 Å². The van der Waals surface area contributed by atoms with Crippen molar-refractivity contribution < 1.29 is 9.59 Å². The quantitative estimate of drug-likeness (QED) is 0.845. The summed E-state index contributed by atoms with van der Waals surface area (Å²) in [6, 6.07) is 13.2. The lowest BCUT2D eigenvalue weighted by atomic mass is 10.0. The zero-order valence-electron chi connectivity index (χ0n) is 15.3. The predicted octanol–water partition coefficient (Wildman–Crippen LogP) is 3.70. The van der Waals surface area contributed by atoms with E-state index in [1.807, 2.05) is 36.4 Å². The Bertz CT molecular complexity index is 1060. The fourth-order valence-electron chi connectivity index (χ4n) is 3.04. The van der Waals surface area contributed by atoms with Crippen LogP contribution in [-0.2, 0) is 11.3 Å². The molecule has 1 N–H and O–H groups in total. The number of thioether (sulfide) groups is 1. The first-order valence-corrected chi connectivity index (χ1v) is 9.88. The van der Waals surface area contributed by atoms with Crippen LogP contribution in [0.4, 0.5) is 5.69 Å². The number of Topliss-reactive ketones (excluding diaryl/α,β-unsaturated/α-hetero) is 1. The molecule has 0 unspecified atom stereocenters. The Morgan fingerprint density at radius 1 is 1.14 bits per heavy atom. The number of hydrogen-bond acceptors (Lipinski definition) is 6. The number of benzene rings is 2. The molecule has 2 heterocycles. The van der Waals surface area contributed by atoms with Crippen LogP contribution in [0.15, 0.2) is 57.7 Å². The fraction of sp³-hybridized carbons (Fsp3) is 0.190. The number of fused-ring (bicyclic) bond motifs is 1. The van der Waals surface area contributed by atoms with E-state index in [9.17, 15) is 9.59 Å². The smallest absolute Gasteiger partial charge is 0.255 e. The Morgan fingerprint density at radius 3 is 2.86 bits per heavy atom. The molecule has 0 radical (unpaired) electrons. The van der Waals surface area contributed by atoms with Crippen LogP contribution in [0.1, 0.15) is 40.4 Å². The van der Waals surface area contributed by atoms with Crippen molar-refractivity contribution in [1.29, 1.82) is 0 Å². The molecule has 0 atom stereocenters. The highest BCUT2D eigenvalue weighted by atomic mass is 32.2. The summed E-state index contributed by atoms with van der Waals surface area (Å²) >= 11 is 1.41. The summed E-state index contributed by atoms with van der Waals surface area (Å²) < 4.78 is 0. The summed E-state index contributed by atoms with van der Waals surface area (Å²) in [6.45, 7) is 2.21. The number of nitrogens with one attached hydrogen (secondary N) is 1. The average molecular weight is 390 g/mol. The topological polar surface area (TPSA) is 83.2 Å². The summed E-state index contributed by atoms with van der Waals surface area (Å²) in [5.74, 6) is 0.327. The highest BCUT2D eigenvalue weighted by molar-refractivity contribution is 8.14. The molecule has 0 spiro atoms. The van der Waals surface area contributed by atoms with Crippen LogP contribution in [0.25, 0.3) is 0 Å². The molecule has 0 aliphatic carbocycles. The number of aliphatic imine (C=N–C) groups is 1. The van der Waals surface area contributed by atoms with Gasteiger partial charge in [0.25, 0.3) is 5.91 Å². The van der Waals surface area contributed by atoms with Crippen LogP contribution in [-0.4, -0.2) is 34.4 Å². The zero-order valence-corrected chi connectivity index (χ0v) is 16.1. The Labute approximate surface area is 166 Å². The highest BCUT2D eigenvalue weighted by Gasteiger charge is 2.18. The number of nitrogens with zero attached hydrogens (tertiary/aromatic N) is 3. The summed E-state index contributed by atoms with van der Waals surface area (Å²) in [5.41, 5.74) is 5.05. The zero-order chi connectivity index (χ0) is 19.5. The second-order valence-corrected chi connectivity index (χ2v) is 7.64. The molecule has 0 saturated heterocycles. The summed E-state index contributed by atoms with van der Waals surface area (Å²) in [4.78, 5) is 28.1. The normalized spacial score (nSPS) is 14.5. The minimum Gasteiger partial charge on any atom is -0.321 e. The molecule has 1 amide bonds. The van der Waals surface area contributed by atoms with Crippen molar-refractivity contribution >= 4 is 46.1 Å². The van der Waals surface area contributed by atoms with Gasteiger partial charge in [0, 0.05) is 23.8 Å². The molecule has 0 fully saturated rings. The lowest BCUT2D eigenvalue weighted by molar-refractivity contribution is -0.114. The van der Waals surface area contributed by atoms with Gasteiger partial charge in [0.1, 0.15) is 10.8 Å². The number of anilines is 1. The van der Waals surface area contributed by atoms with Crippen LogP contribution in [0, 0.1) is 0 Å². The minimum absolute atomic E-state index is 0.109. The number of amides is 1. The van der Waals surface area contributed by atoms with Gasteiger partial charge in [-0.2, -0.15) is 5.10 Å². The second kappa shape index (κ2) is 7.90. The molecule has 2 aromatic carbocycles. The van der Waals surface area contributed by atoms with Crippen molar-refractivity contribution in [3.63, 3.8) is 0 Å². The number of rotatable bonds is 5. The van der Waals surface area contributed by atoms with E-state index in [2.05, 4.69) is 20.5 Å². The maximum absolute atomic E-state index is 12.8. The molecule has 2 aromatic rings. The summed E-state index contributed by atoms with van der Waals surface area (Å²) in [6.07, 6.45) is 2.37. The summed E-state index contributed by atoms with van der Waals surface area (Å²) in [7, 11) is 0. The lowest BCUT2D eigenvalue weighted by Gasteiger charge is -2.10. The number of hydrogen-bond donors (Lipinski definition) is 1. The molecule has 28 heavy (non-hydrogen) atoms. The van der Waals surface area contributed by atoms with E-state index in [0.29, 0.717) is 24.3 Å². The molecule has 140 valence electrons. The van der Waals surface area contributed by atoms with E-state index in [4.69, 9.17) is 0 Å². The first-order chi connectivity index (χ1) is 13.6. The van der Waals surface area contributed by atoms with E-state index in [0.717, 1.165) is 33.1 Å². The van der Waals surface area contributed by atoms with E-state index in [-0.39, 0.29) is 11.7 Å². The molecule has 6 nitrogen and oxygen atoms in total. The molecule has 0 bridgehead atoms. The van der Waals surface area contributed by atoms with E-state index >= 15 is 0 Å². The van der Waals surface area contributed by atoms with Crippen LogP contribution in [0.2, 0.25) is 0 Å². The number of carbonyl (C=O) groups is 2. The van der Waals surface area contributed by atoms with Gasteiger partial charge < -0.3 is 5.32 Å². The summed E-state index contributed by atoms with van der Waals surface area (Å²) in [5, 5.41) is 12.2. The average Bonchev–Trinajstić information content (AvgIpc) is 3.36. The molecule has 2 aliphatic rings. The maximum Gasteiger partial charge on any atom is 0.255 e. The van der Waals surface area contributed by atoms with Crippen molar-refractivity contribution in [2.45, 2.75) is 19.9 Å². The standard InChI is InChI=1S/C21H18N4O2S/c1-13(26)12-28-20-9-19(24-25-20)14-4-2-5-15(8-14)21(27)23-18-7-3-6-16-10-22-11-17(16)18/h2-8,11H,9-10,12H2,1H3,(H,23,27). The highest BCUT2D eigenvalue weighted by Crippen LogP contribution is 2.24. The van der Waals surface area contributed by atoms with E-state index in [1.165, 1.54) is 11.8 Å². The second-order valence-electron chi connectivity index (χ2n) is 6.59. The van der Waals surface area contributed by atoms with Gasteiger partial charge in [0.2, 0.25) is 0 Å². The Hall–Kier alpha value is -3.06. The molecule has 0 saturated carbocycles. The van der Waals surface area contributed by atoms with Crippen LogP contribution < -0.4 is 5.32 Å². The van der Waals surface area contributed by atoms with Gasteiger partial charge in [-0.1, -0.05) is 24.3 Å². The predicted molar refractivity (Wildman–Crippen MR) is 114 cm³/mol. The van der Waals surface area contributed by atoms with Crippen LogP contribution >= 0.6 is 11.8 Å². The van der Waals surface area contributed by atoms with Crippen molar-refractivity contribution in [2.24, 2.45) is 15.2 Å². The SMILES string of the molecule is CC(=O)CSC1=NN=C(c2cccc(C(=O)Nc3cccc4c3C=NC4)c2)C1.